The minimum Gasteiger partial charge on any atom is -0.372 e. The molecule has 0 bridgehead atoms. The number of pyridine rings is 1. The van der Waals surface area contributed by atoms with E-state index in [0.29, 0.717) is 22.4 Å². The van der Waals surface area contributed by atoms with E-state index in [1.165, 1.54) is 6.20 Å². The lowest BCUT2D eigenvalue weighted by molar-refractivity contribution is 0.0951. The summed E-state index contributed by atoms with van der Waals surface area (Å²) in [6, 6.07) is 1.97. The molecule has 1 aromatic rings. The van der Waals surface area contributed by atoms with E-state index in [1.54, 1.807) is 13.1 Å². The number of amides is 1. The van der Waals surface area contributed by atoms with Gasteiger partial charge < -0.3 is 10.6 Å². The third-order valence-corrected chi connectivity index (χ3v) is 2.54. The topological polar surface area (TPSA) is 54.0 Å². The molecule has 0 spiro atoms. The van der Waals surface area contributed by atoms with Crippen LogP contribution in [0.3, 0.4) is 0 Å². The van der Waals surface area contributed by atoms with Crippen LogP contribution < -0.4 is 10.6 Å². The summed E-state index contributed by atoms with van der Waals surface area (Å²) in [6.45, 7) is 0. The van der Waals surface area contributed by atoms with Gasteiger partial charge in [-0.3, -0.25) is 4.79 Å². The third kappa shape index (κ3) is 2.39. The lowest BCUT2D eigenvalue weighted by Gasteiger charge is -2.05. The van der Waals surface area contributed by atoms with Crippen molar-refractivity contribution < 1.29 is 4.79 Å². The number of carbonyl (C=O) groups is 1. The van der Waals surface area contributed by atoms with Gasteiger partial charge in [0.2, 0.25) is 0 Å². The molecule has 0 atom stereocenters. The Bertz CT molecular complexity index is 390. The predicted molar refractivity (Wildman–Crippen MR) is 59.3 cm³/mol. The molecule has 4 nitrogen and oxygen atoms in total. The Labute approximate surface area is 93.0 Å². The summed E-state index contributed by atoms with van der Waals surface area (Å²) < 4.78 is 0. The lowest BCUT2D eigenvalue weighted by atomic mass is 10.2. The molecule has 80 valence electrons. The van der Waals surface area contributed by atoms with Crippen LogP contribution in [0.4, 0.5) is 5.82 Å². The van der Waals surface area contributed by atoms with E-state index in [1.807, 2.05) is 0 Å². The van der Waals surface area contributed by atoms with Crippen LogP contribution in [0.25, 0.3) is 0 Å². The van der Waals surface area contributed by atoms with Crippen LogP contribution in [0.15, 0.2) is 12.3 Å². The molecule has 0 unspecified atom stereocenters. The minimum absolute atomic E-state index is 0.102. The normalized spacial score (nSPS) is 14.8. The Morgan fingerprint density at radius 1 is 1.60 bits per heavy atom. The molecule has 0 radical (unpaired) electrons. The van der Waals surface area contributed by atoms with E-state index in [9.17, 15) is 4.79 Å². The highest BCUT2D eigenvalue weighted by atomic mass is 35.5. The number of hydrogen-bond acceptors (Lipinski definition) is 3. The molecular formula is C10H12ClN3O. The molecule has 15 heavy (non-hydrogen) atoms. The van der Waals surface area contributed by atoms with Crippen LogP contribution in [-0.4, -0.2) is 24.0 Å². The Kier molecular flexibility index (Phi) is 2.77. The first-order valence-corrected chi connectivity index (χ1v) is 5.22. The fraction of sp³-hybridized carbons (Fsp3) is 0.400. The summed E-state index contributed by atoms with van der Waals surface area (Å²) in [7, 11) is 1.73. The molecule has 1 fully saturated rings. The maximum Gasteiger partial charge on any atom is 0.253 e. The standard InChI is InChI=1S/C10H12ClN3O/c1-12-9-8(11)4-6(5-13-9)10(15)14-7-2-3-7/h4-5,7H,2-3H2,1H3,(H,12,13)(H,14,15). The van der Waals surface area contributed by atoms with Crippen LogP contribution in [0, 0.1) is 0 Å². The highest BCUT2D eigenvalue weighted by molar-refractivity contribution is 6.33. The molecule has 2 N–H and O–H groups in total. The molecule has 1 aliphatic carbocycles. The lowest BCUT2D eigenvalue weighted by Crippen LogP contribution is -2.25. The number of halogens is 1. The van der Waals surface area contributed by atoms with Gasteiger partial charge >= 0.3 is 0 Å². The van der Waals surface area contributed by atoms with Crippen molar-refractivity contribution in [2.45, 2.75) is 18.9 Å². The van der Waals surface area contributed by atoms with E-state index in [2.05, 4.69) is 15.6 Å². The van der Waals surface area contributed by atoms with E-state index >= 15 is 0 Å². The van der Waals surface area contributed by atoms with Gasteiger partial charge in [-0.2, -0.15) is 0 Å². The van der Waals surface area contributed by atoms with E-state index in [-0.39, 0.29) is 5.91 Å². The van der Waals surface area contributed by atoms with Crippen LogP contribution in [-0.2, 0) is 0 Å². The van der Waals surface area contributed by atoms with Crippen molar-refractivity contribution in [1.29, 1.82) is 0 Å². The van der Waals surface area contributed by atoms with Gasteiger partial charge in [-0.15, -0.1) is 0 Å². The summed E-state index contributed by atoms with van der Waals surface area (Å²) >= 11 is 5.92. The summed E-state index contributed by atoms with van der Waals surface area (Å²) in [5.41, 5.74) is 0.505. The smallest absolute Gasteiger partial charge is 0.253 e. The average Bonchev–Trinajstić information content (AvgIpc) is 3.01. The molecule has 1 aliphatic rings. The largest absolute Gasteiger partial charge is 0.372 e. The fourth-order valence-electron chi connectivity index (χ4n) is 1.24. The van der Waals surface area contributed by atoms with Crippen LogP contribution in [0.5, 0.6) is 0 Å². The highest BCUT2D eigenvalue weighted by Crippen LogP contribution is 2.22. The maximum atomic E-state index is 11.6. The SMILES string of the molecule is CNc1ncc(C(=O)NC2CC2)cc1Cl. The van der Waals surface area contributed by atoms with E-state index in [0.717, 1.165) is 12.8 Å². The van der Waals surface area contributed by atoms with E-state index in [4.69, 9.17) is 11.6 Å². The first-order chi connectivity index (χ1) is 7.20. The predicted octanol–water partition coefficient (Wildman–Crippen LogP) is 1.67. The number of hydrogen-bond donors (Lipinski definition) is 2. The van der Waals surface area contributed by atoms with Gasteiger partial charge in [-0.25, -0.2) is 4.98 Å². The molecule has 1 aromatic heterocycles. The number of carbonyl (C=O) groups excluding carboxylic acids is 1. The Hall–Kier alpha value is -1.29. The first kappa shape index (κ1) is 10.2. The van der Waals surface area contributed by atoms with Crippen molar-refractivity contribution in [3.63, 3.8) is 0 Å². The van der Waals surface area contributed by atoms with Crippen LogP contribution in [0.2, 0.25) is 5.02 Å². The van der Waals surface area contributed by atoms with E-state index < -0.39 is 0 Å². The molecule has 0 aromatic carbocycles. The van der Waals surface area contributed by atoms with Gasteiger partial charge in [0.25, 0.3) is 5.91 Å². The van der Waals surface area contributed by atoms with Crippen molar-refractivity contribution in [2.75, 3.05) is 12.4 Å². The van der Waals surface area contributed by atoms with Crippen molar-refractivity contribution >= 4 is 23.3 Å². The number of nitrogens with one attached hydrogen (secondary N) is 2. The van der Waals surface area contributed by atoms with Crippen molar-refractivity contribution in [3.8, 4) is 0 Å². The zero-order chi connectivity index (χ0) is 10.8. The molecular weight excluding hydrogens is 214 g/mol. The molecule has 0 saturated heterocycles. The van der Waals surface area contributed by atoms with Crippen molar-refractivity contribution in [3.05, 3.63) is 22.8 Å². The van der Waals surface area contributed by atoms with Crippen LogP contribution >= 0.6 is 11.6 Å². The molecule has 1 amide bonds. The third-order valence-electron chi connectivity index (χ3n) is 2.25. The minimum atomic E-state index is -0.102. The van der Waals surface area contributed by atoms with Gasteiger partial charge in [0.1, 0.15) is 5.82 Å². The fourth-order valence-corrected chi connectivity index (χ4v) is 1.50. The van der Waals surface area contributed by atoms with Gasteiger partial charge in [0.05, 0.1) is 10.6 Å². The quantitative estimate of drug-likeness (QED) is 0.823. The number of anilines is 1. The zero-order valence-electron chi connectivity index (χ0n) is 8.38. The summed E-state index contributed by atoms with van der Waals surface area (Å²) in [5, 5.41) is 6.18. The number of nitrogens with zero attached hydrogens (tertiary/aromatic N) is 1. The summed E-state index contributed by atoms with van der Waals surface area (Å²) in [4.78, 5) is 15.7. The number of rotatable bonds is 3. The second-order valence-electron chi connectivity index (χ2n) is 3.55. The monoisotopic (exact) mass is 225 g/mol. The Balaban J connectivity index is 2.13. The van der Waals surface area contributed by atoms with Gasteiger partial charge in [0, 0.05) is 19.3 Å². The van der Waals surface area contributed by atoms with Gasteiger partial charge in [-0.05, 0) is 18.9 Å². The maximum absolute atomic E-state index is 11.6. The zero-order valence-corrected chi connectivity index (χ0v) is 9.14. The van der Waals surface area contributed by atoms with Gasteiger partial charge in [-0.1, -0.05) is 11.6 Å². The second-order valence-corrected chi connectivity index (χ2v) is 3.96. The summed E-state index contributed by atoms with van der Waals surface area (Å²) in [6.07, 6.45) is 3.67. The van der Waals surface area contributed by atoms with Gasteiger partial charge in [0.15, 0.2) is 0 Å². The number of aromatic nitrogens is 1. The molecule has 1 heterocycles. The Morgan fingerprint density at radius 2 is 2.33 bits per heavy atom. The highest BCUT2D eigenvalue weighted by Gasteiger charge is 2.24. The molecule has 2 rings (SSSR count). The molecule has 5 heteroatoms. The molecule has 0 aliphatic heterocycles. The van der Waals surface area contributed by atoms with Crippen molar-refractivity contribution in [1.82, 2.24) is 10.3 Å². The Morgan fingerprint density at radius 3 is 2.87 bits per heavy atom. The van der Waals surface area contributed by atoms with Crippen molar-refractivity contribution in [2.24, 2.45) is 0 Å². The average molecular weight is 226 g/mol. The summed E-state index contributed by atoms with van der Waals surface area (Å²) in [5.74, 6) is 0.481. The first-order valence-electron chi connectivity index (χ1n) is 4.85. The molecule has 1 saturated carbocycles. The second kappa shape index (κ2) is 4.06. The van der Waals surface area contributed by atoms with Crippen LogP contribution in [0.1, 0.15) is 23.2 Å².